The van der Waals surface area contributed by atoms with Gasteiger partial charge in [0.05, 0.1) is 0 Å². The molecule has 0 aliphatic heterocycles. The Morgan fingerprint density at radius 1 is 1.06 bits per heavy atom. The molecule has 0 amide bonds. The van der Waals surface area contributed by atoms with Crippen LogP contribution in [0.2, 0.25) is 0 Å². The first-order valence-electron chi connectivity index (χ1n) is 8.20. The second kappa shape index (κ2) is 5.94. The molecule has 2 rings (SSSR count). The molecule has 0 heterocycles. The first-order chi connectivity index (χ1) is 8.46. The summed E-state index contributed by atoms with van der Waals surface area (Å²) < 4.78 is 0. The lowest BCUT2D eigenvalue weighted by molar-refractivity contribution is 0.141. The standard InChI is InChI=1S/C17H33N/c1-13-9-16(11-17(3,4)10-13)18-12-15-8-6-5-7-14(15)2/h13-16,18H,5-12H2,1-4H3. The smallest absolute Gasteiger partial charge is 0.00748 e. The molecule has 0 aromatic heterocycles. The highest BCUT2D eigenvalue weighted by molar-refractivity contribution is 4.87. The van der Waals surface area contributed by atoms with E-state index in [9.17, 15) is 0 Å². The molecule has 1 N–H and O–H groups in total. The average molecular weight is 251 g/mol. The van der Waals surface area contributed by atoms with E-state index in [-0.39, 0.29) is 0 Å². The van der Waals surface area contributed by atoms with E-state index in [2.05, 4.69) is 33.0 Å². The second-order valence-corrected chi connectivity index (χ2v) is 8.04. The summed E-state index contributed by atoms with van der Waals surface area (Å²) in [6, 6.07) is 0.776. The van der Waals surface area contributed by atoms with Gasteiger partial charge in [-0.25, -0.2) is 0 Å². The van der Waals surface area contributed by atoms with Gasteiger partial charge in [-0.3, -0.25) is 0 Å². The van der Waals surface area contributed by atoms with Gasteiger partial charge in [0, 0.05) is 6.04 Å². The van der Waals surface area contributed by atoms with E-state index in [0.717, 1.165) is 23.8 Å². The summed E-state index contributed by atoms with van der Waals surface area (Å²) in [6.07, 6.45) is 10.0. The number of hydrogen-bond acceptors (Lipinski definition) is 1. The summed E-state index contributed by atoms with van der Waals surface area (Å²) >= 11 is 0. The van der Waals surface area contributed by atoms with Crippen LogP contribution in [-0.2, 0) is 0 Å². The fraction of sp³-hybridized carbons (Fsp3) is 1.00. The van der Waals surface area contributed by atoms with E-state index in [0.29, 0.717) is 5.41 Å². The van der Waals surface area contributed by atoms with Gasteiger partial charge < -0.3 is 5.32 Å². The number of rotatable bonds is 3. The van der Waals surface area contributed by atoms with Crippen LogP contribution in [0.3, 0.4) is 0 Å². The van der Waals surface area contributed by atoms with Crippen LogP contribution in [-0.4, -0.2) is 12.6 Å². The molecule has 0 saturated heterocycles. The Bertz CT molecular complexity index is 258. The lowest BCUT2D eigenvalue weighted by Gasteiger charge is -2.40. The molecule has 2 saturated carbocycles. The number of hydrogen-bond donors (Lipinski definition) is 1. The van der Waals surface area contributed by atoms with Gasteiger partial charge in [0.25, 0.3) is 0 Å². The van der Waals surface area contributed by atoms with Crippen molar-refractivity contribution in [2.75, 3.05) is 6.54 Å². The van der Waals surface area contributed by atoms with Crippen molar-refractivity contribution in [2.45, 2.75) is 78.7 Å². The third kappa shape index (κ3) is 3.98. The molecule has 0 spiro atoms. The summed E-state index contributed by atoms with van der Waals surface area (Å²) in [5, 5.41) is 3.91. The van der Waals surface area contributed by atoms with E-state index in [1.165, 1.54) is 51.5 Å². The zero-order chi connectivity index (χ0) is 13.2. The summed E-state index contributed by atoms with van der Waals surface area (Å²) in [7, 11) is 0. The van der Waals surface area contributed by atoms with Crippen molar-refractivity contribution in [3.8, 4) is 0 Å². The molecule has 4 unspecified atom stereocenters. The average Bonchev–Trinajstić information content (AvgIpc) is 2.25. The lowest BCUT2D eigenvalue weighted by atomic mass is 9.70. The fourth-order valence-corrected chi connectivity index (χ4v) is 4.52. The van der Waals surface area contributed by atoms with Crippen LogP contribution in [0.4, 0.5) is 0 Å². The maximum atomic E-state index is 3.91. The zero-order valence-electron chi connectivity index (χ0n) is 13.0. The molecule has 0 radical (unpaired) electrons. The summed E-state index contributed by atoms with van der Waals surface area (Å²) in [6.45, 7) is 11.0. The second-order valence-electron chi connectivity index (χ2n) is 8.04. The van der Waals surface area contributed by atoms with Gasteiger partial charge in [0.2, 0.25) is 0 Å². The Morgan fingerprint density at radius 2 is 1.78 bits per heavy atom. The lowest BCUT2D eigenvalue weighted by Crippen LogP contribution is -2.43. The molecule has 1 nitrogen and oxygen atoms in total. The molecule has 4 atom stereocenters. The normalized spacial score (nSPS) is 40.7. The Morgan fingerprint density at radius 3 is 2.44 bits per heavy atom. The van der Waals surface area contributed by atoms with Gasteiger partial charge >= 0.3 is 0 Å². The van der Waals surface area contributed by atoms with E-state index < -0.39 is 0 Å². The van der Waals surface area contributed by atoms with Crippen LogP contribution in [0.15, 0.2) is 0 Å². The highest BCUT2D eigenvalue weighted by Crippen LogP contribution is 2.38. The Labute approximate surface area is 114 Å². The molecule has 106 valence electrons. The van der Waals surface area contributed by atoms with Crippen molar-refractivity contribution in [1.82, 2.24) is 5.32 Å². The van der Waals surface area contributed by atoms with Crippen molar-refractivity contribution < 1.29 is 0 Å². The number of nitrogens with one attached hydrogen (secondary N) is 1. The van der Waals surface area contributed by atoms with E-state index in [4.69, 9.17) is 0 Å². The molecular weight excluding hydrogens is 218 g/mol. The molecule has 2 aliphatic rings. The predicted molar refractivity (Wildman–Crippen MR) is 79.7 cm³/mol. The minimum atomic E-state index is 0.549. The van der Waals surface area contributed by atoms with Gasteiger partial charge in [0.1, 0.15) is 0 Å². The Kier molecular flexibility index (Phi) is 4.75. The first-order valence-corrected chi connectivity index (χ1v) is 8.20. The topological polar surface area (TPSA) is 12.0 Å². The van der Waals surface area contributed by atoms with Crippen molar-refractivity contribution >= 4 is 0 Å². The zero-order valence-corrected chi connectivity index (χ0v) is 13.0. The molecule has 1 heteroatoms. The maximum absolute atomic E-state index is 3.91. The monoisotopic (exact) mass is 251 g/mol. The largest absolute Gasteiger partial charge is 0.314 e. The van der Waals surface area contributed by atoms with Crippen molar-refractivity contribution in [3.05, 3.63) is 0 Å². The van der Waals surface area contributed by atoms with Crippen LogP contribution in [0.5, 0.6) is 0 Å². The fourth-order valence-electron chi connectivity index (χ4n) is 4.52. The third-order valence-electron chi connectivity index (χ3n) is 5.34. The van der Waals surface area contributed by atoms with Crippen LogP contribution < -0.4 is 5.32 Å². The van der Waals surface area contributed by atoms with Crippen LogP contribution in [0.1, 0.15) is 72.6 Å². The Hall–Kier alpha value is -0.0400. The third-order valence-corrected chi connectivity index (χ3v) is 5.34. The van der Waals surface area contributed by atoms with Crippen LogP contribution in [0, 0.1) is 23.2 Å². The van der Waals surface area contributed by atoms with Crippen molar-refractivity contribution in [1.29, 1.82) is 0 Å². The highest BCUT2D eigenvalue weighted by atomic mass is 14.9. The predicted octanol–water partition coefficient (Wildman–Crippen LogP) is 4.62. The quantitative estimate of drug-likeness (QED) is 0.772. The highest BCUT2D eigenvalue weighted by Gasteiger charge is 2.32. The molecule has 2 aliphatic carbocycles. The SMILES string of the molecule is CC1CC(NCC2CCCCC2C)CC(C)(C)C1. The van der Waals surface area contributed by atoms with Gasteiger partial charge in [-0.1, -0.05) is 47.0 Å². The summed E-state index contributed by atoms with van der Waals surface area (Å²) in [4.78, 5) is 0. The minimum absolute atomic E-state index is 0.549. The van der Waals surface area contributed by atoms with E-state index in [1.807, 2.05) is 0 Å². The molecular formula is C17H33N. The minimum Gasteiger partial charge on any atom is -0.314 e. The molecule has 0 aromatic rings. The molecule has 2 fully saturated rings. The Balaban J connectivity index is 1.78. The summed E-state index contributed by atoms with van der Waals surface area (Å²) in [5.41, 5.74) is 0.549. The first kappa shape index (κ1) is 14.4. The van der Waals surface area contributed by atoms with Crippen molar-refractivity contribution in [3.63, 3.8) is 0 Å². The molecule has 0 aromatic carbocycles. The van der Waals surface area contributed by atoms with Gasteiger partial charge in [-0.05, 0) is 55.4 Å². The summed E-state index contributed by atoms with van der Waals surface area (Å²) in [5.74, 6) is 2.79. The maximum Gasteiger partial charge on any atom is 0.00748 e. The van der Waals surface area contributed by atoms with Crippen LogP contribution in [0.25, 0.3) is 0 Å². The van der Waals surface area contributed by atoms with Gasteiger partial charge in [0.15, 0.2) is 0 Å². The molecule has 0 bridgehead atoms. The van der Waals surface area contributed by atoms with E-state index >= 15 is 0 Å². The molecule has 18 heavy (non-hydrogen) atoms. The van der Waals surface area contributed by atoms with Gasteiger partial charge in [-0.15, -0.1) is 0 Å². The van der Waals surface area contributed by atoms with Crippen molar-refractivity contribution in [2.24, 2.45) is 23.2 Å². The van der Waals surface area contributed by atoms with E-state index in [1.54, 1.807) is 0 Å². The van der Waals surface area contributed by atoms with Crippen LogP contribution >= 0.6 is 0 Å². The van der Waals surface area contributed by atoms with Gasteiger partial charge in [-0.2, -0.15) is 0 Å².